The van der Waals surface area contributed by atoms with Gasteiger partial charge in [0.05, 0.1) is 0 Å². The van der Waals surface area contributed by atoms with E-state index >= 15 is 0 Å². The van der Waals surface area contributed by atoms with Gasteiger partial charge in [-0.15, -0.1) is 12.8 Å². The van der Waals surface area contributed by atoms with E-state index in [0.717, 1.165) is 0 Å². The lowest BCUT2D eigenvalue weighted by Crippen LogP contribution is -2.47. The molecular formula is C18H14O2. The second-order valence-electron chi connectivity index (χ2n) is 4.44. The van der Waals surface area contributed by atoms with E-state index in [1.165, 1.54) is 0 Å². The largest absolute Gasteiger partial charge is 0.370 e. The van der Waals surface area contributed by atoms with Gasteiger partial charge in [0, 0.05) is 11.1 Å². The van der Waals surface area contributed by atoms with Gasteiger partial charge in [0.25, 0.3) is 0 Å². The van der Waals surface area contributed by atoms with Crippen LogP contribution >= 0.6 is 0 Å². The number of hydrogen-bond acceptors (Lipinski definition) is 2. The molecule has 2 atom stereocenters. The molecule has 0 radical (unpaired) electrons. The first-order chi connectivity index (χ1) is 9.58. The van der Waals surface area contributed by atoms with Gasteiger partial charge in [0.2, 0.25) is 0 Å². The molecule has 98 valence electrons. The Kier molecular flexibility index (Phi) is 3.63. The summed E-state index contributed by atoms with van der Waals surface area (Å²) >= 11 is 0. The molecule has 0 aliphatic rings. The summed E-state index contributed by atoms with van der Waals surface area (Å²) in [6, 6.07) is 17.0. The molecule has 0 spiro atoms. The van der Waals surface area contributed by atoms with Crippen molar-refractivity contribution < 1.29 is 10.2 Å². The van der Waals surface area contributed by atoms with Crippen LogP contribution in [0.4, 0.5) is 0 Å². The van der Waals surface area contributed by atoms with Gasteiger partial charge < -0.3 is 10.2 Å². The third kappa shape index (κ3) is 1.98. The van der Waals surface area contributed by atoms with Crippen LogP contribution in [0, 0.1) is 24.7 Å². The summed E-state index contributed by atoms with van der Waals surface area (Å²) in [7, 11) is 0. The van der Waals surface area contributed by atoms with E-state index in [2.05, 4.69) is 11.8 Å². The summed E-state index contributed by atoms with van der Waals surface area (Å²) in [5, 5.41) is 21.7. The molecule has 2 rings (SSSR count). The fourth-order valence-corrected chi connectivity index (χ4v) is 2.15. The van der Waals surface area contributed by atoms with Crippen LogP contribution in [0.15, 0.2) is 60.7 Å². The first-order valence-electron chi connectivity index (χ1n) is 6.10. The zero-order chi connectivity index (χ0) is 14.6. The Hall–Kier alpha value is -2.52. The quantitative estimate of drug-likeness (QED) is 0.831. The summed E-state index contributed by atoms with van der Waals surface area (Å²) in [5.41, 5.74) is -3.28. The molecule has 0 fully saturated rings. The molecule has 2 aromatic rings. The van der Waals surface area contributed by atoms with Crippen molar-refractivity contribution in [2.45, 2.75) is 11.2 Å². The maximum absolute atomic E-state index is 10.8. The number of terminal acetylenes is 2. The van der Waals surface area contributed by atoms with Crippen LogP contribution in [0.25, 0.3) is 0 Å². The zero-order valence-electron chi connectivity index (χ0n) is 10.8. The van der Waals surface area contributed by atoms with E-state index in [-0.39, 0.29) is 0 Å². The summed E-state index contributed by atoms with van der Waals surface area (Å²) in [5.74, 6) is 4.50. The van der Waals surface area contributed by atoms with E-state index in [1.807, 2.05) is 0 Å². The monoisotopic (exact) mass is 262 g/mol. The zero-order valence-corrected chi connectivity index (χ0v) is 10.8. The molecule has 2 N–H and O–H groups in total. The highest BCUT2D eigenvalue weighted by atomic mass is 16.4. The Balaban J connectivity index is 2.66. The summed E-state index contributed by atoms with van der Waals surface area (Å²) in [4.78, 5) is 0. The second kappa shape index (κ2) is 5.23. The second-order valence-corrected chi connectivity index (χ2v) is 4.44. The van der Waals surface area contributed by atoms with Gasteiger partial charge in [-0.05, 0) is 0 Å². The molecule has 20 heavy (non-hydrogen) atoms. The standard InChI is InChI=1S/C18H14O2/c1-3-17(19,15-11-7-5-8-12-15)18(20,4-2)16-13-9-6-10-14-16/h1-2,5-14,19-20H. The molecule has 0 aliphatic carbocycles. The molecule has 0 aromatic heterocycles. The Morgan fingerprint density at radius 3 is 1.20 bits per heavy atom. The van der Waals surface area contributed by atoms with E-state index in [9.17, 15) is 10.2 Å². The van der Waals surface area contributed by atoms with Crippen molar-refractivity contribution in [3.63, 3.8) is 0 Å². The Bertz CT molecular complexity index is 603. The highest BCUT2D eigenvalue weighted by Gasteiger charge is 2.50. The smallest absolute Gasteiger partial charge is 0.195 e. The van der Waals surface area contributed by atoms with Crippen molar-refractivity contribution in [1.82, 2.24) is 0 Å². The fourth-order valence-electron chi connectivity index (χ4n) is 2.15. The van der Waals surface area contributed by atoms with Crippen molar-refractivity contribution in [3.8, 4) is 24.7 Å². The highest BCUT2D eigenvalue weighted by molar-refractivity contribution is 5.45. The normalized spacial score (nSPS) is 16.2. The molecule has 2 aromatic carbocycles. The summed E-state index contributed by atoms with van der Waals surface area (Å²) < 4.78 is 0. The maximum Gasteiger partial charge on any atom is 0.195 e. The first-order valence-corrected chi connectivity index (χ1v) is 6.10. The Labute approximate surface area is 118 Å². The molecule has 2 nitrogen and oxygen atoms in total. The third-order valence-electron chi connectivity index (χ3n) is 3.32. The lowest BCUT2D eigenvalue weighted by Gasteiger charge is -2.37. The van der Waals surface area contributed by atoms with E-state index in [1.54, 1.807) is 60.7 Å². The van der Waals surface area contributed by atoms with Crippen LogP contribution in [-0.2, 0) is 11.2 Å². The predicted molar refractivity (Wildman–Crippen MR) is 78.3 cm³/mol. The van der Waals surface area contributed by atoms with Gasteiger partial charge in [-0.1, -0.05) is 72.5 Å². The minimum Gasteiger partial charge on any atom is -0.370 e. The van der Waals surface area contributed by atoms with Gasteiger partial charge in [0.15, 0.2) is 11.2 Å². The van der Waals surface area contributed by atoms with Crippen LogP contribution in [0.2, 0.25) is 0 Å². The average Bonchev–Trinajstić information content (AvgIpc) is 2.54. The van der Waals surface area contributed by atoms with E-state index in [0.29, 0.717) is 11.1 Å². The van der Waals surface area contributed by atoms with Crippen LogP contribution in [0.1, 0.15) is 11.1 Å². The first kappa shape index (κ1) is 13.9. The lowest BCUT2D eigenvalue weighted by molar-refractivity contribution is -0.0887. The number of hydrogen-bond donors (Lipinski definition) is 2. The predicted octanol–water partition coefficient (Wildman–Crippen LogP) is 2.03. The number of rotatable bonds is 3. The molecule has 0 bridgehead atoms. The van der Waals surface area contributed by atoms with Crippen LogP contribution in [0.5, 0.6) is 0 Å². The molecule has 2 unspecified atom stereocenters. The van der Waals surface area contributed by atoms with Gasteiger partial charge in [0.1, 0.15) is 0 Å². The molecule has 0 aliphatic heterocycles. The molecule has 0 heterocycles. The van der Waals surface area contributed by atoms with E-state index < -0.39 is 11.2 Å². The minimum absolute atomic E-state index is 0.367. The fraction of sp³-hybridized carbons (Fsp3) is 0.111. The highest BCUT2D eigenvalue weighted by Crippen LogP contribution is 2.39. The molecular weight excluding hydrogens is 248 g/mol. The Morgan fingerprint density at radius 1 is 0.650 bits per heavy atom. The van der Waals surface area contributed by atoms with Crippen molar-refractivity contribution in [2.75, 3.05) is 0 Å². The summed E-state index contributed by atoms with van der Waals surface area (Å²) in [6.45, 7) is 0. The maximum atomic E-state index is 10.8. The topological polar surface area (TPSA) is 40.5 Å². The number of aliphatic hydroxyl groups is 2. The Morgan fingerprint density at radius 2 is 0.950 bits per heavy atom. The van der Waals surface area contributed by atoms with Gasteiger partial charge >= 0.3 is 0 Å². The minimum atomic E-state index is -2.01. The van der Waals surface area contributed by atoms with Crippen molar-refractivity contribution in [1.29, 1.82) is 0 Å². The average molecular weight is 262 g/mol. The molecule has 0 saturated carbocycles. The van der Waals surface area contributed by atoms with Crippen LogP contribution < -0.4 is 0 Å². The third-order valence-corrected chi connectivity index (χ3v) is 3.32. The van der Waals surface area contributed by atoms with Gasteiger partial charge in [-0.2, -0.15) is 0 Å². The summed E-state index contributed by atoms with van der Waals surface area (Å²) in [6.07, 6.45) is 11.0. The van der Waals surface area contributed by atoms with Crippen LogP contribution in [0.3, 0.4) is 0 Å². The lowest BCUT2D eigenvalue weighted by atomic mass is 9.74. The molecule has 0 saturated heterocycles. The van der Waals surface area contributed by atoms with Crippen LogP contribution in [-0.4, -0.2) is 10.2 Å². The van der Waals surface area contributed by atoms with Crippen molar-refractivity contribution in [3.05, 3.63) is 71.8 Å². The van der Waals surface area contributed by atoms with E-state index in [4.69, 9.17) is 12.8 Å². The molecule has 2 heteroatoms. The number of benzene rings is 2. The SMILES string of the molecule is C#CC(O)(c1ccccc1)C(O)(C#C)c1ccccc1. The van der Waals surface area contributed by atoms with Gasteiger partial charge in [-0.25, -0.2) is 0 Å². The molecule has 0 amide bonds. The van der Waals surface area contributed by atoms with Crippen molar-refractivity contribution >= 4 is 0 Å². The van der Waals surface area contributed by atoms with Gasteiger partial charge in [-0.3, -0.25) is 0 Å². The van der Waals surface area contributed by atoms with Crippen molar-refractivity contribution in [2.24, 2.45) is 0 Å².